The number of nitrogens with zero attached hydrogens (tertiary/aromatic N) is 2. The van der Waals surface area contributed by atoms with Crippen LogP contribution in [0.3, 0.4) is 0 Å². The molecule has 0 saturated carbocycles. The molecule has 1 heterocycles. The lowest BCUT2D eigenvalue weighted by molar-refractivity contribution is -0.140. The molecular formula is C29H38N2O6. The molecule has 1 unspecified atom stereocenters. The molecule has 8 nitrogen and oxygen atoms in total. The van der Waals surface area contributed by atoms with Gasteiger partial charge in [-0.3, -0.25) is 9.59 Å². The number of likely N-dealkylation sites (tertiary alicyclic amines) is 1. The Labute approximate surface area is 219 Å². The summed E-state index contributed by atoms with van der Waals surface area (Å²) in [7, 11) is 0. The highest BCUT2D eigenvalue weighted by Gasteiger charge is 2.46. The average molecular weight is 511 g/mol. The molecule has 0 radical (unpaired) electrons. The zero-order chi connectivity index (χ0) is 26.9. The molecule has 1 saturated heterocycles. The second-order valence-corrected chi connectivity index (χ2v) is 8.91. The summed E-state index contributed by atoms with van der Waals surface area (Å²) in [5.74, 6) is -0.770. The van der Waals surface area contributed by atoms with Crippen molar-refractivity contribution in [1.29, 1.82) is 0 Å². The lowest BCUT2D eigenvalue weighted by Gasteiger charge is -2.28. The van der Waals surface area contributed by atoms with Gasteiger partial charge in [0, 0.05) is 18.7 Å². The van der Waals surface area contributed by atoms with E-state index < -0.39 is 17.7 Å². The second-order valence-electron chi connectivity index (χ2n) is 8.91. The van der Waals surface area contributed by atoms with Crippen LogP contribution in [0.4, 0.5) is 0 Å². The van der Waals surface area contributed by atoms with E-state index in [1.807, 2.05) is 13.8 Å². The molecule has 37 heavy (non-hydrogen) atoms. The van der Waals surface area contributed by atoms with Gasteiger partial charge in [-0.2, -0.15) is 0 Å². The number of hydrogen-bond donors (Lipinski definition) is 2. The Hall–Kier alpha value is -3.52. The van der Waals surface area contributed by atoms with Gasteiger partial charge in [0.2, 0.25) is 0 Å². The van der Waals surface area contributed by atoms with E-state index in [2.05, 4.69) is 11.8 Å². The first-order valence-corrected chi connectivity index (χ1v) is 13.1. The number of aromatic hydroxyl groups is 1. The second kappa shape index (κ2) is 13.1. The summed E-state index contributed by atoms with van der Waals surface area (Å²) in [5, 5.41) is 21.5. The van der Waals surface area contributed by atoms with Crippen LogP contribution in [0.1, 0.15) is 57.7 Å². The van der Waals surface area contributed by atoms with E-state index in [9.17, 15) is 19.8 Å². The number of carbonyl (C=O) groups excluding carboxylic acids is 2. The molecule has 2 aromatic rings. The molecular weight excluding hydrogens is 472 g/mol. The lowest BCUT2D eigenvalue weighted by atomic mass is 9.95. The maximum Gasteiger partial charge on any atom is 0.295 e. The number of carbonyl (C=O) groups is 2. The number of amides is 1. The van der Waals surface area contributed by atoms with Crippen molar-refractivity contribution in [3.05, 3.63) is 59.2 Å². The fourth-order valence-electron chi connectivity index (χ4n) is 4.42. The van der Waals surface area contributed by atoms with Gasteiger partial charge >= 0.3 is 0 Å². The predicted octanol–water partition coefficient (Wildman–Crippen LogP) is 4.73. The number of unbranched alkanes of at least 4 members (excludes halogenated alkanes) is 1. The maximum atomic E-state index is 13.3. The van der Waals surface area contributed by atoms with Crippen molar-refractivity contribution in [2.24, 2.45) is 0 Å². The van der Waals surface area contributed by atoms with E-state index in [1.165, 1.54) is 11.0 Å². The normalized spacial score (nSPS) is 17.0. The van der Waals surface area contributed by atoms with Crippen molar-refractivity contribution in [2.45, 2.75) is 46.6 Å². The smallest absolute Gasteiger partial charge is 0.295 e. The number of phenols is 1. The minimum Gasteiger partial charge on any atom is -0.507 e. The first kappa shape index (κ1) is 28.1. The molecule has 3 rings (SSSR count). The Kier molecular flexibility index (Phi) is 9.97. The molecule has 0 spiro atoms. The minimum atomic E-state index is -0.823. The van der Waals surface area contributed by atoms with E-state index in [0.29, 0.717) is 43.2 Å². The van der Waals surface area contributed by atoms with Crippen molar-refractivity contribution >= 4 is 17.4 Å². The zero-order valence-corrected chi connectivity index (χ0v) is 22.2. The maximum absolute atomic E-state index is 13.3. The highest BCUT2D eigenvalue weighted by Crippen LogP contribution is 2.41. The number of Topliss-reactive ketones (excluding diaryl/α,β-unsaturated/α-hetero) is 1. The fraction of sp³-hybridized carbons (Fsp3) is 0.448. The molecule has 2 N–H and O–H groups in total. The van der Waals surface area contributed by atoms with Crippen LogP contribution in [-0.2, 0) is 9.59 Å². The zero-order valence-electron chi connectivity index (χ0n) is 22.2. The van der Waals surface area contributed by atoms with E-state index in [-0.39, 0.29) is 22.8 Å². The van der Waals surface area contributed by atoms with Crippen LogP contribution in [0, 0.1) is 0 Å². The van der Waals surface area contributed by atoms with Gasteiger partial charge in [-0.05, 0) is 68.4 Å². The Balaban J connectivity index is 2.05. The van der Waals surface area contributed by atoms with Crippen molar-refractivity contribution in [1.82, 2.24) is 9.80 Å². The molecule has 1 aliphatic rings. The van der Waals surface area contributed by atoms with Gasteiger partial charge < -0.3 is 29.5 Å². The average Bonchev–Trinajstić information content (AvgIpc) is 3.16. The largest absolute Gasteiger partial charge is 0.507 e. The molecule has 1 aliphatic heterocycles. The number of benzene rings is 2. The fourth-order valence-corrected chi connectivity index (χ4v) is 4.42. The molecule has 1 atom stereocenters. The summed E-state index contributed by atoms with van der Waals surface area (Å²) in [6, 6.07) is 10.8. The number of ketones is 1. The molecule has 2 aromatic carbocycles. The quantitative estimate of drug-likeness (QED) is 0.174. The van der Waals surface area contributed by atoms with E-state index >= 15 is 0 Å². The van der Waals surface area contributed by atoms with Gasteiger partial charge in [0.15, 0.2) is 11.5 Å². The van der Waals surface area contributed by atoms with E-state index in [0.717, 1.165) is 25.9 Å². The van der Waals surface area contributed by atoms with Gasteiger partial charge in [0.25, 0.3) is 11.7 Å². The van der Waals surface area contributed by atoms with Crippen molar-refractivity contribution in [3.63, 3.8) is 0 Å². The van der Waals surface area contributed by atoms with Crippen LogP contribution in [0.25, 0.3) is 5.76 Å². The molecule has 1 amide bonds. The Morgan fingerprint density at radius 3 is 2.32 bits per heavy atom. The summed E-state index contributed by atoms with van der Waals surface area (Å²) in [6.07, 6.45) is 1.96. The van der Waals surface area contributed by atoms with Crippen LogP contribution in [-0.4, -0.2) is 71.1 Å². The van der Waals surface area contributed by atoms with Gasteiger partial charge in [0.05, 0.1) is 24.8 Å². The van der Waals surface area contributed by atoms with E-state index in [1.54, 1.807) is 43.3 Å². The molecule has 0 aliphatic carbocycles. The highest BCUT2D eigenvalue weighted by atomic mass is 16.5. The number of hydrogen-bond acceptors (Lipinski definition) is 7. The van der Waals surface area contributed by atoms with Gasteiger partial charge in [0.1, 0.15) is 11.5 Å². The SMILES string of the molecule is CCCCOc1ccc(/C(O)=C2\C(=O)C(=O)N(CCN(CC)CC)C2c2ccc(O)c(OCC)c2)cc1. The number of rotatable bonds is 13. The summed E-state index contributed by atoms with van der Waals surface area (Å²) >= 11 is 0. The number of aliphatic hydroxyl groups is 1. The number of ether oxygens (including phenoxy) is 2. The summed E-state index contributed by atoms with van der Waals surface area (Å²) in [6.45, 7) is 11.4. The standard InChI is InChI=1S/C29H38N2O6/c1-5-9-18-37-22-13-10-20(11-14-22)27(33)25-26(21-12-15-23(32)24(19-21)36-8-4)31(29(35)28(25)34)17-16-30(6-2)7-3/h10-15,19,26,32-33H,5-9,16-18H2,1-4H3/b27-25+. The molecule has 0 aromatic heterocycles. The first-order valence-electron chi connectivity index (χ1n) is 13.1. The lowest BCUT2D eigenvalue weighted by Crippen LogP contribution is -2.38. The Morgan fingerprint density at radius 1 is 1.00 bits per heavy atom. The van der Waals surface area contributed by atoms with Crippen LogP contribution in [0.2, 0.25) is 0 Å². The molecule has 8 heteroatoms. The Morgan fingerprint density at radius 2 is 1.70 bits per heavy atom. The topological polar surface area (TPSA) is 99.5 Å². The van der Waals surface area contributed by atoms with Crippen LogP contribution in [0.5, 0.6) is 17.2 Å². The number of phenolic OH excluding ortho intramolecular Hbond substituents is 1. The summed E-state index contributed by atoms with van der Waals surface area (Å²) in [4.78, 5) is 30.2. The molecule has 1 fully saturated rings. The van der Waals surface area contributed by atoms with Crippen molar-refractivity contribution in [2.75, 3.05) is 39.4 Å². The number of likely N-dealkylation sites (N-methyl/N-ethyl adjacent to an activating group) is 1. The van der Waals surface area contributed by atoms with Crippen LogP contribution in [0.15, 0.2) is 48.0 Å². The monoisotopic (exact) mass is 510 g/mol. The molecule has 200 valence electrons. The van der Waals surface area contributed by atoms with E-state index in [4.69, 9.17) is 9.47 Å². The van der Waals surface area contributed by atoms with Gasteiger partial charge in [-0.25, -0.2) is 0 Å². The van der Waals surface area contributed by atoms with Crippen molar-refractivity contribution < 1.29 is 29.3 Å². The highest BCUT2D eigenvalue weighted by molar-refractivity contribution is 6.46. The minimum absolute atomic E-state index is 0.0114. The van der Waals surface area contributed by atoms with Gasteiger partial charge in [-0.15, -0.1) is 0 Å². The third-order valence-electron chi connectivity index (χ3n) is 6.59. The molecule has 0 bridgehead atoms. The third kappa shape index (κ3) is 6.43. The third-order valence-corrected chi connectivity index (χ3v) is 6.59. The summed E-state index contributed by atoms with van der Waals surface area (Å²) < 4.78 is 11.3. The number of aliphatic hydroxyl groups excluding tert-OH is 1. The van der Waals surface area contributed by atoms with Gasteiger partial charge in [-0.1, -0.05) is 33.3 Å². The Bertz CT molecular complexity index is 1110. The predicted molar refractivity (Wildman–Crippen MR) is 143 cm³/mol. The van der Waals surface area contributed by atoms with Crippen LogP contribution >= 0.6 is 0 Å². The first-order chi connectivity index (χ1) is 17.9. The summed E-state index contributed by atoms with van der Waals surface area (Å²) in [5.41, 5.74) is 0.997. The van der Waals surface area contributed by atoms with Crippen LogP contribution < -0.4 is 9.47 Å². The van der Waals surface area contributed by atoms with Crippen molar-refractivity contribution in [3.8, 4) is 17.2 Å².